The van der Waals surface area contributed by atoms with Crippen LogP contribution in [0.15, 0.2) is 53.4 Å². The summed E-state index contributed by atoms with van der Waals surface area (Å²) in [7, 11) is -4.00. The molecule has 2 aromatic rings. The van der Waals surface area contributed by atoms with E-state index >= 15 is 0 Å². The van der Waals surface area contributed by atoms with Crippen LogP contribution >= 0.6 is 0 Å². The summed E-state index contributed by atoms with van der Waals surface area (Å²) in [6.07, 6.45) is 3.39. The van der Waals surface area contributed by atoms with Gasteiger partial charge < -0.3 is 9.64 Å². The van der Waals surface area contributed by atoms with E-state index in [2.05, 4.69) is 9.62 Å². The predicted molar refractivity (Wildman–Crippen MR) is 127 cm³/mol. The minimum atomic E-state index is -4.00. The van der Waals surface area contributed by atoms with Crippen molar-refractivity contribution in [3.8, 4) is 5.75 Å². The molecule has 35 heavy (non-hydrogen) atoms. The highest BCUT2D eigenvalue weighted by molar-refractivity contribution is 7.89. The minimum absolute atomic E-state index is 0.00189. The molecule has 1 N–H and O–H groups in total. The van der Waals surface area contributed by atoms with Crippen LogP contribution in [0, 0.1) is 11.6 Å². The van der Waals surface area contributed by atoms with Gasteiger partial charge in [-0.05, 0) is 49.9 Å². The van der Waals surface area contributed by atoms with Crippen molar-refractivity contribution in [1.29, 1.82) is 0 Å². The first kappa shape index (κ1) is 25.5. The van der Waals surface area contributed by atoms with Crippen LogP contribution in [0.25, 0.3) is 0 Å². The van der Waals surface area contributed by atoms with Gasteiger partial charge in [0, 0.05) is 45.2 Å². The molecule has 2 aliphatic heterocycles. The molecule has 2 saturated heterocycles. The number of carbonyl (C=O) groups is 1. The molecule has 2 aromatic carbocycles. The van der Waals surface area contributed by atoms with E-state index in [-0.39, 0.29) is 30.8 Å². The van der Waals surface area contributed by atoms with E-state index in [9.17, 15) is 22.0 Å². The van der Waals surface area contributed by atoms with Crippen LogP contribution in [0.1, 0.15) is 32.1 Å². The van der Waals surface area contributed by atoms with Crippen molar-refractivity contribution in [2.45, 2.75) is 49.1 Å². The number of hydrogen-bond donors (Lipinski definition) is 1. The molecule has 0 aromatic heterocycles. The second kappa shape index (κ2) is 11.5. The summed E-state index contributed by atoms with van der Waals surface area (Å²) in [6, 6.07) is 12.0. The fourth-order valence-electron chi connectivity index (χ4n) is 4.75. The average Bonchev–Trinajstić information content (AvgIpc) is 2.86. The number of likely N-dealkylation sites (tertiary alicyclic amines) is 2. The fourth-order valence-corrected chi connectivity index (χ4v) is 5.86. The van der Waals surface area contributed by atoms with Crippen LogP contribution in [0.3, 0.4) is 0 Å². The van der Waals surface area contributed by atoms with Crippen LogP contribution in [0.4, 0.5) is 8.78 Å². The van der Waals surface area contributed by atoms with Gasteiger partial charge in [-0.1, -0.05) is 24.3 Å². The number of nitrogens with zero attached hydrogens (tertiary/aromatic N) is 2. The van der Waals surface area contributed by atoms with Gasteiger partial charge in [-0.2, -0.15) is 0 Å². The zero-order valence-corrected chi connectivity index (χ0v) is 20.4. The standard InChI is InChI=1S/C25H31F2N3O4S/c26-21-5-1-3-7-23(21)34-20-12-17-29(18-13-20)19-10-15-30(16-11-19)25(31)9-14-28-35(32,33)24-8-4-2-6-22(24)27/h1-8,19-20,28H,9-18H2. The highest BCUT2D eigenvalue weighted by atomic mass is 32.2. The molecule has 1 amide bonds. The zero-order chi connectivity index (χ0) is 24.8. The molecule has 0 bridgehead atoms. The van der Waals surface area contributed by atoms with Crippen molar-refractivity contribution in [3.05, 3.63) is 60.2 Å². The minimum Gasteiger partial charge on any atom is -0.487 e. The van der Waals surface area contributed by atoms with Crippen LogP contribution in [0.2, 0.25) is 0 Å². The lowest BCUT2D eigenvalue weighted by atomic mass is 9.98. The summed E-state index contributed by atoms with van der Waals surface area (Å²) in [5.74, 6) is -0.978. The number of para-hydroxylation sites is 1. The molecule has 0 saturated carbocycles. The van der Waals surface area contributed by atoms with E-state index in [0.29, 0.717) is 24.9 Å². The Bertz CT molecular complexity index is 1120. The van der Waals surface area contributed by atoms with E-state index in [0.717, 1.165) is 44.8 Å². The number of sulfonamides is 1. The Kier molecular flexibility index (Phi) is 8.35. The van der Waals surface area contributed by atoms with Gasteiger partial charge >= 0.3 is 0 Å². The molecule has 0 radical (unpaired) electrons. The number of halogens is 2. The summed E-state index contributed by atoms with van der Waals surface area (Å²) in [4.78, 5) is 16.3. The molecule has 4 rings (SSSR count). The number of benzene rings is 2. The molecular weight excluding hydrogens is 476 g/mol. The topological polar surface area (TPSA) is 79.0 Å². The van der Waals surface area contributed by atoms with Crippen molar-refractivity contribution in [2.24, 2.45) is 0 Å². The van der Waals surface area contributed by atoms with Gasteiger partial charge in [0.25, 0.3) is 0 Å². The van der Waals surface area contributed by atoms with E-state index in [1.807, 2.05) is 0 Å². The normalized spacial score (nSPS) is 18.5. The molecular formula is C25H31F2N3O4S. The van der Waals surface area contributed by atoms with Crippen LogP contribution in [-0.2, 0) is 14.8 Å². The quantitative estimate of drug-likeness (QED) is 0.594. The van der Waals surface area contributed by atoms with Gasteiger partial charge in [0.2, 0.25) is 15.9 Å². The average molecular weight is 508 g/mol. The number of hydrogen-bond acceptors (Lipinski definition) is 5. The van der Waals surface area contributed by atoms with Crippen molar-refractivity contribution in [3.63, 3.8) is 0 Å². The molecule has 0 aliphatic carbocycles. The molecule has 0 spiro atoms. The van der Waals surface area contributed by atoms with Gasteiger partial charge in [0.15, 0.2) is 11.6 Å². The third-order valence-electron chi connectivity index (χ3n) is 6.70. The van der Waals surface area contributed by atoms with Crippen molar-refractivity contribution >= 4 is 15.9 Å². The van der Waals surface area contributed by atoms with Gasteiger partial charge in [0.05, 0.1) is 0 Å². The Labute approximate surface area is 205 Å². The molecule has 0 atom stereocenters. The summed E-state index contributed by atoms with van der Waals surface area (Å²) >= 11 is 0. The SMILES string of the molecule is O=C(CCNS(=O)(=O)c1ccccc1F)N1CCC(N2CCC(Oc3ccccc3F)CC2)CC1. The summed E-state index contributed by atoms with van der Waals surface area (Å²) in [5.41, 5.74) is 0. The van der Waals surface area contributed by atoms with Crippen molar-refractivity contribution in [1.82, 2.24) is 14.5 Å². The van der Waals surface area contributed by atoms with Gasteiger partial charge in [0.1, 0.15) is 16.8 Å². The van der Waals surface area contributed by atoms with Gasteiger partial charge in [-0.25, -0.2) is 21.9 Å². The largest absolute Gasteiger partial charge is 0.487 e. The molecule has 190 valence electrons. The Morgan fingerprint density at radius 2 is 1.54 bits per heavy atom. The van der Waals surface area contributed by atoms with Crippen molar-refractivity contribution in [2.75, 3.05) is 32.7 Å². The summed E-state index contributed by atoms with van der Waals surface area (Å²) < 4.78 is 60.3. The third kappa shape index (κ3) is 6.56. The number of carbonyl (C=O) groups excluding carboxylic acids is 1. The van der Waals surface area contributed by atoms with Gasteiger partial charge in [-0.3, -0.25) is 9.69 Å². The first-order valence-corrected chi connectivity index (χ1v) is 13.5. The van der Waals surface area contributed by atoms with E-state index < -0.39 is 20.7 Å². The van der Waals surface area contributed by atoms with Crippen molar-refractivity contribution < 1.29 is 26.7 Å². The van der Waals surface area contributed by atoms with E-state index in [4.69, 9.17) is 4.74 Å². The lowest BCUT2D eigenvalue weighted by Gasteiger charge is -2.41. The molecule has 2 aliphatic rings. The van der Waals surface area contributed by atoms with E-state index in [1.165, 1.54) is 24.3 Å². The summed E-state index contributed by atoms with van der Waals surface area (Å²) in [5, 5.41) is 0. The maximum atomic E-state index is 13.8. The Balaban J connectivity index is 1.17. The van der Waals surface area contributed by atoms with Crippen LogP contribution in [-0.4, -0.2) is 69.0 Å². The molecule has 10 heteroatoms. The third-order valence-corrected chi connectivity index (χ3v) is 8.19. The highest BCUT2D eigenvalue weighted by Crippen LogP contribution is 2.25. The number of nitrogens with one attached hydrogen (secondary N) is 1. The second-order valence-corrected chi connectivity index (χ2v) is 10.7. The van der Waals surface area contributed by atoms with E-state index in [1.54, 1.807) is 23.1 Å². The molecule has 7 nitrogen and oxygen atoms in total. The maximum absolute atomic E-state index is 13.8. The number of rotatable bonds is 8. The number of amides is 1. The fraction of sp³-hybridized carbons (Fsp3) is 0.480. The molecule has 2 fully saturated rings. The lowest BCUT2D eigenvalue weighted by Crippen LogP contribution is -2.50. The first-order valence-electron chi connectivity index (χ1n) is 12.0. The second-order valence-electron chi connectivity index (χ2n) is 8.97. The molecule has 0 unspecified atom stereocenters. The predicted octanol–water partition coefficient (Wildman–Crippen LogP) is 3.17. The highest BCUT2D eigenvalue weighted by Gasteiger charge is 2.30. The maximum Gasteiger partial charge on any atom is 0.243 e. The monoisotopic (exact) mass is 507 g/mol. The summed E-state index contributed by atoms with van der Waals surface area (Å²) in [6.45, 7) is 2.90. The number of piperidine rings is 2. The first-order chi connectivity index (χ1) is 16.8. The Morgan fingerprint density at radius 1 is 0.914 bits per heavy atom. The zero-order valence-electron chi connectivity index (χ0n) is 19.5. The van der Waals surface area contributed by atoms with Crippen LogP contribution in [0.5, 0.6) is 5.75 Å². The van der Waals surface area contributed by atoms with Gasteiger partial charge in [-0.15, -0.1) is 0 Å². The lowest BCUT2D eigenvalue weighted by molar-refractivity contribution is -0.132. The smallest absolute Gasteiger partial charge is 0.243 e. The Morgan fingerprint density at radius 3 is 2.20 bits per heavy atom. The molecule has 2 heterocycles. The Hall–Kier alpha value is -2.56. The number of ether oxygens (including phenoxy) is 1. The van der Waals surface area contributed by atoms with Crippen LogP contribution < -0.4 is 9.46 Å².